The van der Waals surface area contributed by atoms with Gasteiger partial charge in [0.15, 0.2) is 0 Å². The van der Waals surface area contributed by atoms with Gasteiger partial charge in [-0.25, -0.2) is 13.1 Å². The molecule has 0 aliphatic carbocycles. The SMILES string of the molecule is CCOc1ccc(S(=O)(=O)NCC2CCN(Cc3ccsc3)CC2)cc1. The lowest BCUT2D eigenvalue weighted by molar-refractivity contribution is 0.179. The summed E-state index contributed by atoms with van der Waals surface area (Å²) in [6, 6.07) is 8.75. The van der Waals surface area contributed by atoms with E-state index in [0.29, 0.717) is 24.8 Å². The largest absolute Gasteiger partial charge is 0.494 e. The summed E-state index contributed by atoms with van der Waals surface area (Å²) in [5, 5.41) is 4.30. The van der Waals surface area contributed by atoms with Crippen LogP contribution in [0.15, 0.2) is 46.0 Å². The molecule has 1 N–H and O–H groups in total. The first kappa shape index (κ1) is 19.4. The Hall–Kier alpha value is -1.41. The van der Waals surface area contributed by atoms with Gasteiger partial charge in [0, 0.05) is 13.1 Å². The molecule has 1 aliphatic rings. The van der Waals surface area contributed by atoms with Gasteiger partial charge in [-0.3, -0.25) is 4.90 Å². The first-order valence-corrected chi connectivity index (χ1v) is 11.5. The van der Waals surface area contributed by atoms with E-state index < -0.39 is 10.0 Å². The standard InChI is InChI=1S/C19H26N2O3S2/c1-2-24-18-3-5-19(6-4-18)26(22,23)20-13-16-7-10-21(11-8-16)14-17-9-12-25-15-17/h3-6,9,12,15-16,20H,2,7-8,10-11,13-14H2,1H3. The molecule has 0 spiro atoms. The summed E-state index contributed by atoms with van der Waals surface area (Å²) in [6.07, 6.45) is 2.05. The Bertz CT molecular complexity index is 766. The maximum Gasteiger partial charge on any atom is 0.240 e. The third kappa shape index (κ3) is 5.30. The zero-order valence-corrected chi connectivity index (χ0v) is 16.7. The van der Waals surface area contributed by atoms with Crippen LogP contribution in [0.5, 0.6) is 5.75 Å². The molecule has 0 unspecified atom stereocenters. The molecule has 1 saturated heterocycles. The third-order valence-electron chi connectivity index (χ3n) is 4.70. The number of thiophene rings is 1. The maximum absolute atomic E-state index is 12.5. The minimum absolute atomic E-state index is 0.288. The number of ether oxygens (including phenoxy) is 1. The quantitative estimate of drug-likeness (QED) is 0.746. The molecule has 2 heterocycles. The molecule has 26 heavy (non-hydrogen) atoms. The Balaban J connectivity index is 1.46. The summed E-state index contributed by atoms with van der Waals surface area (Å²) in [5.74, 6) is 1.08. The van der Waals surface area contributed by atoms with Crippen LogP contribution < -0.4 is 9.46 Å². The van der Waals surface area contributed by atoms with E-state index in [4.69, 9.17) is 4.74 Å². The number of sulfonamides is 1. The molecule has 3 rings (SSSR count). The molecule has 0 saturated carbocycles. The Labute approximate surface area is 160 Å². The van der Waals surface area contributed by atoms with Gasteiger partial charge < -0.3 is 4.74 Å². The van der Waals surface area contributed by atoms with Crippen molar-refractivity contribution >= 4 is 21.4 Å². The molecule has 1 fully saturated rings. The molecule has 0 amide bonds. The average Bonchev–Trinajstić information content (AvgIpc) is 3.15. The van der Waals surface area contributed by atoms with Crippen molar-refractivity contribution in [3.63, 3.8) is 0 Å². The van der Waals surface area contributed by atoms with Gasteiger partial charge in [0.2, 0.25) is 10.0 Å². The van der Waals surface area contributed by atoms with Crippen LogP contribution in [0.2, 0.25) is 0 Å². The number of rotatable bonds is 8. The van der Waals surface area contributed by atoms with Gasteiger partial charge in [-0.1, -0.05) is 0 Å². The molecule has 0 radical (unpaired) electrons. The monoisotopic (exact) mass is 394 g/mol. The van der Waals surface area contributed by atoms with Crippen LogP contribution in [0.4, 0.5) is 0 Å². The van der Waals surface area contributed by atoms with Gasteiger partial charge in [0.25, 0.3) is 0 Å². The van der Waals surface area contributed by atoms with Gasteiger partial charge in [0.1, 0.15) is 5.75 Å². The highest BCUT2D eigenvalue weighted by Crippen LogP contribution is 2.21. The predicted molar refractivity (Wildman–Crippen MR) is 105 cm³/mol. The molecule has 1 aliphatic heterocycles. The molecule has 142 valence electrons. The van der Waals surface area contributed by atoms with Gasteiger partial charge in [-0.15, -0.1) is 0 Å². The second kappa shape index (κ2) is 8.99. The molecule has 1 aromatic carbocycles. The highest BCUT2D eigenvalue weighted by molar-refractivity contribution is 7.89. The van der Waals surface area contributed by atoms with Gasteiger partial charge in [-0.05, 0) is 85.4 Å². The fourth-order valence-electron chi connectivity index (χ4n) is 3.18. The van der Waals surface area contributed by atoms with E-state index in [1.807, 2.05) is 6.92 Å². The number of likely N-dealkylation sites (tertiary alicyclic amines) is 1. The molecule has 7 heteroatoms. The zero-order valence-electron chi connectivity index (χ0n) is 15.1. The van der Waals surface area contributed by atoms with Crippen LogP contribution in [0.25, 0.3) is 0 Å². The number of benzene rings is 1. The van der Waals surface area contributed by atoms with Gasteiger partial charge in [-0.2, -0.15) is 11.3 Å². The maximum atomic E-state index is 12.5. The lowest BCUT2D eigenvalue weighted by Crippen LogP contribution is -2.38. The number of hydrogen-bond donors (Lipinski definition) is 1. The normalized spacial score (nSPS) is 16.7. The highest BCUT2D eigenvalue weighted by Gasteiger charge is 2.22. The second-order valence-electron chi connectivity index (χ2n) is 6.61. The summed E-state index contributed by atoms with van der Waals surface area (Å²) in [6.45, 7) is 6.00. The molecule has 5 nitrogen and oxygen atoms in total. The van der Waals surface area contributed by atoms with Crippen molar-refractivity contribution in [1.29, 1.82) is 0 Å². The predicted octanol–water partition coefficient (Wildman–Crippen LogP) is 3.34. The number of hydrogen-bond acceptors (Lipinski definition) is 5. The Morgan fingerprint density at radius 1 is 1.19 bits per heavy atom. The number of nitrogens with one attached hydrogen (secondary N) is 1. The van der Waals surface area contributed by atoms with Crippen LogP contribution in [-0.2, 0) is 16.6 Å². The summed E-state index contributed by atoms with van der Waals surface area (Å²) >= 11 is 1.73. The zero-order chi connectivity index (χ0) is 18.4. The molecular weight excluding hydrogens is 368 g/mol. The first-order chi connectivity index (χ1) is 12.6. The van der Waals surface area contributed by atoms with Gasteiger partial charge in [0.05, 0.1) is 11.5 Å². The molecule has 2 aromatic rings. The number of nitrogens with zero attached hydrogens (tertiary/aromatic N) is 1. The summed E-state index contributed by atoms with van der Waals surface area (Å²) < 4.78 is 33.0. The third-order valence-corrected chi connectivity index (χ3v) is 6.87. The van der Waals surface area contributed by atoms with Crippen molar-refractivity contribution in [3.8, 4) is 5.75 Å². The Kier molecular flexibility index (Phi) is 6.69. The Morgan fingerprint density at radius 2 is 1.92 bits per heavy atom. The minimum atomic E-state index is -3.46. The van der Waals surface area contributed by atoms with Crippen LogP contribution in [0.1, 0.15) is 25.3 Å². The molecule has 0 bridgehead atoms. The smallest absolute Gasteiger partial charge is 0.240 e. The van der Waals surface area contributed by atoms with E-state index >= 15 is 0 Å². The van der Waals surface area contributed by atoms with Crippen molar-refractivity contribution in [2.45, 2.75) is 31.2 Å². The molecule has 0 atom stereocenters. The van der Waals surface area contributed by atoms with Crippen molar-refractivity contribution in [2.24, 2.45) is 5.92 Å². The van der Waals surface area contributed by atoms with Crippen molar-refractivity contribution in [1.82, 2.24) is 9.62 Å². The van der Waals surface area contributed by atoms with E-state index in [-0.39, 0.29) is 4.90 Å². The minimum Gasteiger partial charge on any atom is -0.494 e. The topological polar surface area (TPSA) is 58.6 Å². The first-order valence-electron chi connectivity index (χ1n) is 9.03. The Morgan fingerprint density at radius 3 is 2.54 bits per heavy atom. The fraction of sp³-hybridized carbons (Fsp3) is 0.474. The van der Waals surface area contributed by atoms with E-state index in [0.717, 1.165) is 32.5 Å². The highest BCUT2D eigenvalue weighted by atomic mass is 32.2. The van der Waals surface area contributed by atoms with Crippen LogP contribution >= 0.6 is 11.3 Å². The molecular formula is C19H26N2O3S2. The second-order valence-corrected chi connectivity index (χ2v) is 9.15. The fourth-order valence-corrected chi connectivity index (χ4v) is 4.96. The summed E-state index contributed by atoms with van der Waals surface area (Å²) in [4.78, 5) is 2.73. The van der Waals surface area contributed by atoms with Crippen molar-refractivity contribution < 1.29 is 13.2 Å². The van der Waals surface area contributed by atoms with Crippen LogP contribution in [-0.4, -0.2) is 39.6 Å². The van der Waals surface area contributed by atoms with E-state index in [1.165, 1.54) is 5.56 Å². The lowest BCUT2D eigenvalue weighted by Gasteiger charge is -2.31. The van der Waals surface area contributed by atoms with E-state index in [2.05, 4.69) is 26.4 Å². The lowest BCUT2D eigenvalue weighted by atomic mass is 9.97. The molecule has 1 aromatic heterocycles. The van der Waals surface area contributed by atoms with Crippen molar-refractivity contribution in [3.05, 3.63) is 46.7 Å². The number of piperidine rings is 1. The summed E-state index contributed by atoms with van der Waals surface area (Å²) in [5.41, 5.74) is 1.37. The van der Waals surface area contributed by atoms with E-state index in [9.17, 15) is 8.42 Å². The van der Waals surface area contributed by atoms with E-state index in [1.54, 1.807) is 35.6 Å². The van der Waals surface area contributed by atoms with Crippen LogP contribution in [0, 0.1) is 5.92 Å². The van der Waals surface area contributed by atoms with Crippen molar-refractivity contribution in [2.75, 3.05) is 26.2 Å². The van der Waals surface area contributed by atoms with Crippen LogP contribution in [0.3, 0.4) is 0 Å². The van der Waals surface area contributed by atoms with Gasteiger partial charge >= 0.3 is 0 Å². The summed E-state index contributed by atoms with van der Waals surface area (Å²) in [7, 11) is -3.46. The average molecular weight is 395 g/mol.